The second kappa shape index (κ2) is 7.97. The molecule has 3 amide bonds. The van der Waals surface area contributed by atoms with E-state index in [-0.39, 0.29) is 18.2 Å². The maximum atomic E-state index is 12.6. The van der Waals surface area contributed by atoms with Gasteiger partial charge in [-0.05, 0) is 12.1 Å². The molecule has 0 aliphatic carbocycles. The van der Waals surface area contributed by atoms with Gasteiger partial charge in [-0.2, -0.15) is 0 Å². The Labute approximate surface area is 168 Å². The lowest BCUT2D eigenvalue weighted by atomic mass is 10.1. The summed E-state index contributed by atoms with van der Waals surface area (Å²) >= 11 is 0. The Morgan fingerprint density at radius 1 is 0.724 bits per heavy atom. The molecule has 4 rings (SSSR count). The van der Waals surface area contributed by atoms with Gasteiger partial charge in [-0.25, -0.2) is 0 Å². The number of carbonyl (C=O) groups is 4. The van der Waals surface area contributed by atoms with E-state index in [4.69, 9.17) is 0 Å². The van der Waals surface area contributed by atoms with Gasteiger partial charge in [0.2, 0.25) is 5.91 Å². The summed E-state index contributed by atoms with van der Waals surface area (Å²) in [4.78, 5) is 54.5. The van der Waals surface area contributed by atoms with E-state index in [0.717, 1.165) is 4.90 Å². The predicted molar refractivity (Wildman–Crippen MR) is 106 cm³/mol. The molecule has 0 aromatic heterocycles. The van der Waals surface area contributed by atoms with E-state index in [1.54, 1.807) is 41.3 Å². The largest absolute Gasteiger partial charge is 0.339 e. The van der Waals surface area contributed by atoms with E-state index >= 15 is 0 Å². The zero-order valence-corrected chi connectivity index (χ0v) is 15.9. The summed E-state index contributed by atoms with van der Waals surface area (Å²) in [6.07, 6.45) is 0. The zero-order chi connectivity index (χ0) is 20.4. The number of carbonyl (C=O) groups excluding carboxylic acids is 4. The molecule has 0 atom stereocenters. The Balaban J connectivity index is 1.30. The van der Waals surface area contributed by atoms with Crippen LogP contribution < -0.4 is 0 Å². The minimum atomic E-state index is -0.425. The summed E-state index contributed by atoms with van der Waals surface area (Å²) in [5.74, 6) is -1.05. The first-order chi connectivity index (χ1) is 14.0. The minimum absolute atomic E-state index is 0.0522. The molecule has 0 spiro atoms. The number of hydrogen-bond donors (Lipinski definition) is 0. The molecule has 0 saturated carbocycles. The van der Waals surface area contributed by atoms with Crippen LogP contribution in [0.15, 0.2) is 54.6 Å². The van der Waals surface area contributed by atoms with Crippen molar-refractivity contribution >= 4 is 23.5 Å². The summed E-state index contributed by atoms with van der Waals surface area (Å²) in [6, 6.07) is 15.7. The fraction of sp³-hybridized carbons (Fsp3) is 0.273. The van der Waals surface area contributed by atoms with E-state index in [1.165, 1.54) is 0 Å². The van der Waals surface area contributed by atoms with Crippen LogP contribution in [0, 0.1) is 0 Å². The third kappa shape index (κ3) is 3.82. The highest BCUT2D eigenvalue weighted by molar-refractivity contribution is 6.22. The molecule has 29 heavy (non-hydrogen) atoms. The molecule has 1 fully saturated rings. The number of piperazine rings is 1. The highest BCUT2D eigenvalue weighted by Gasteiger charge is 2.37. The van der Waals surface area contributed by atoms with Crippen molar-refractivity contribution in [1.29, 1.82) is 0 Å². The van der Waals surface area contributed by atoms with Crippen LogP contribution in [-0.2, 0) is 4.79 Å². The van der Waals surface area contributed by atoms with E-state index in [0.29, 0.717) is 49.4 Å². The number of benzene rings is 2. The van der Waals surface area contributed by atoms with Crippen LogP contribution in [0.25, 0.3) is 0 Å². The van der Waals surface area contributed by atoms with Gasteiger partial charge in [-0.3, -0.25) is 29.0 Å². The summed E-state index contributed by atoms with van der Waals surface area (Å²) in [5, 5.41) is 0. The Morgan fingerprint density at radius 2 is 1.28 bits per heavy atom. The number of Topliss-reactive ketones (excluding diaryl/α,β-unsaturated/α-hetero) is 1. The van der Waals surface area contributed by atoms with Crippen LogP contribution in [0.1, 0.15) is 31.1 Å². The Hall–Kier alpha value is -3.32. The summed E-state index contributed by atoms with van der Waals surface area (Å²) in [6.45, 7) is 2.13. The third-order valence-corrected chi connectivity index (χ3v) is 5.36. The molecule has 0 radical (unpaired) electrons. The van der Waals surface area contributed by atoms with Gasteiger partial charge in [-0.15, -0.1) is 0 Å². The van der Waals surface area contributed by atoms with Crippen LogP contribution in [-0.4, -0.2) is 77.5 Å². The third-order valence-electron chi connectivity index (χ3n) is 5.36. The van der Waals surface area contributed by atoms with Crippen molar-refractivity contribution in [3.8, 4) is 0 Å². The molecule has 2 heterocycles. The molecule has 0 bridgehead atoms. The number of amides is 3. The van der Waals surface area contributed by atoms with Crippen molar-refractivity contribution in [2.24, 2.45) is 0 Å². The summed E-state index contributed by atoms with van der Waals surface area (Å²) in [7, 11) is 0. The average molecular weight is 391 g/mol. The van der Waals surface area contributed by atoms with E-state index < -0.39 is 11.8 Å². The first kappa shape index (κ1) is 19.0. The molecule has 7 nitrogen and oxygen atoms in total. The lowest BCUT2D eigenvalue weighted by Gasteiger charge is -2.34. The van der Waals surface area contributed by atoms with Gasteiger partial charge in [0.05, 0.1) is 17.7 Å². The molecule has 1 saturated heterocycles. The summed E-state index contributed by atoms with van der Waals surface area (Å²) in [5.41, 5.74) is 1.36. The summed E-state index contributed by atoms with van der Waals surface area (Å²) < 4.78 is 0. The van der Waals surface area contributed by atoms with Crippen LogP contribution in [0.3, 0.4) is 0 Å². The van der Waals surface area contributed by atoms with Gasteiger partial charge in [-0.1, -0.05) is 42.5 Å². The van der Waals surface area contributed by atoms with Crippen molar-refractivity contribution in [2.45, 2.75) is 0 Å². The highest BCUT2D eigenvalue weighted by atomic mass is 16.2. The first-order valence-electron chi connectivity index (χ1n) is 9.58. The molecular formula is C22H21N3O4. The van der Waals surface area contributed by atoms with Gasteiger partial charge in [0.15, 0.2) is 5.78 Å². The Bertz CT molecular complexity index is 930. The molecule has 7 heteroatoms. The van der Waals surface area contributed by atoms with Crippen LogP contribution in [0.4, 0.5) is 0 Å². The van der Waals surface area contributed by atoms with Crippen LogP contribution >= 0.6 is 0 Å². The van der Waals surface area contributed by atoms with E-state index in [1.807, 2.05) is 23.1 Å². The Kier molecular flexibility index (Phi) is 5.22. The minimum Gasteiger partial charge on any atom is -0.339 e. The fourth-order valence-electron chi connectivity index (χ4n) is 3.69. The van der Waals surface area contributed by atoms with Crippen molar-refractivity contribution < 1.29 is 19.2 Å². The lowest BCUT2D eigenvalue weighted by molar-refractivity contribution is -0.133. The fourth-order valence-corrected chi connectivity index (χ4v) is 3.69. The van der Waals surface area contributed by atoms with Crippen LogP contribution in [0.2, 0.25) is 0 Å². The molecule has 2 aromatic rings. The van der Waals surface area contributed by atoms with Crippen molar-refractivity contribution in [2.75, 3.05) is 39.3 Å². The number of nitrogens with zero attached hydrogens (tertiary/aromatic N) is 3. The molecule has 0 unspecified atom stereocenters. The maximum Gasteiger partial charge on any atom is 0.262 e. The van der Waals surface area contributed by atoms with Crippen LogP contribution in [0.5, 0.6) is 0 Å². The first-order valence-corrected chi connectivity index (χ1v) is 9.58. The zero-order valence-electron chi connectivity index (χ0n) is 15.9. The molecule has 0 N–H and O–H groups in total. The number of hydrogen-bond acceptors (Lipinski definition) is 5. The van der Waals surface area contributed by atoms with Gasteiger partial charge in [0, 0.05) is 31.7 Å². The standard InChI is InChI=1S/C22H21N3O4/c26-19(16-6-2-1-3-7-16)14-23-10-12-24(13-11-23)20(27)15-25-21(28)17-8-4-5-9-18(17)22(25)29/h1-9H,10-15H2. The molecule has 2 aromatic carbocycles. The van der Waals surface area contributed by atoms with E-state index in [9.17, 15) is 19.2 Å². The van der Waals surface area contributed by atoms with Crippen molar-refractivity contribution in [1.82, 2.24) is 14.7 Å². The smallest absolute Gasteiger partial charge is 0.262 e. The van der Waals surface area contributed by atoms with Gasteiger partial charge in [0.1, 0.15) is 6.54 Å². The van der Waals surface area contributed by atoms with E-state index in [2.05, 4.69) is 0 Å². The second-order valence-electron chi connectivity index (χ2n) is 7.19. The molecule has 2 aliphatic rings. The normalized spacial score (nSPS) is 16.8. The number of imide groups is 1. The topological polar surface area (TPSA) is 78.0 Å². The number of rotatable bonds is 5. The number of ketones is 1. The lowest BCUT2D eigenvalue weighted by Crippen LogP contribution is -2.52. The van der Waals surface area contributed by atoms with Crippen molar-refractivity contribution in [3.63, 3.8) is 0 Å². The molecule has 148 valence electrons. The highest BCUT2D eigenvalue weighted by Crippen LogP contribution is 2.22. The Morgan fingerprint density at radius 3 is 1.86 bits per heavy atom. The quantitative estimate of drug-likeness (QED) is 0.567. The van der Waals surface area contributed by atoms with Gasteiger partial charge < -0.3 is 4.90 Å². The number of fused-ring (bicyclic) bond motifs is 1. The van der Waals surface area contributed by atoms with Gasteiger partial charge >= 0.3 is 0 Å². The second-order valence-corrected chi connectivity index (χ2v) is 7.19. The predicted octanol–water partition coefficient (Wildman–Crippen LogP) is 1.31. The maximum absolute atomic E-state index is 12.6. The van der Waals surface area contributed by atoms with Gasteiger partial charge in [0.25, 0.3) is 11.8 Å². The molecule has 2 aliphatic heterocycles. The molecular weight excluding hydrogens is 370 g/mol. The monoisotopic (exact) mass is 391 g/mol. The average Bonchev–Trinajstić information content (AvgIpc) is 3.00. The van der Waals surface area contributed by atoms with Crippen molar-refractivity contribution in [3.05, 3.63) is 71.3 Å². The SMILES string of the molecule is O=C(CN1CCN(C(=O)CN2C(=O)c3ccccc3C2=O)CC1)c1ccccc1.